The van der Waals surface area contributed by atoms with Gasteiger partial charge >= 0.3 is 0 Å². The van der Waals surface area contributed by atoms with Crippen molar-refractivity contribution >= 4 is 23.3 Å². The topological polar surface area (TPSA) is 47.5 Å². The van der Waals surface area contributed by atoms with Gasteiger partial charge in [0.15, 0.2) is 5.11 Å². The molecule has 1 aliphatic rings. The van der Waals surface area contributed by atoms with Crippen LogP contribution in [0.15, 0.2) is 18.5 Å². The molecule has 116 valence electrons. The summed E-state index contributed by atoms with van der Waals surface area (Å²) in [6, 6.07) is 1.84. The molecule has 0 radical (unpaired) electrons. The summed E-state index contributed by atoms with van der Waals surface area (Å²) in [7, 11) is 4.17. The van der Waals surface area contributed by atoms with E-state index >= 15 is 0 Å². The van der Waals surface area contributed by atoms with Crippen LogP contribution in [0.2, 0.25) is 0 Å². The van der Waals surface area contributed by atoms with Crippen LogP contribution in [0.3, 0.4) is 0 Å². The van der Waals surface area contributed by atoms with E-state index < -0.39 is 0 Å². The summed E-state index contributed by atoms with van der Waals surface area (Å²) in [5.41, 5.74) is 0. The van der Waals surface area contributed by atoms with Crippen molar-refractivity contribution < 1.29 is 0 Å². The fourth-order valence-corrected chi connectivity index (χ4v) is 2.55. The van der Waals surface area contributed by atoms with Gasteiger partial charge < -0.3 is 20.0 Å². The standard InChI is InChI=1S/C14H24N6S/c1-18(2)8-4-7-17-14(21)20-11-9-19(10-12-20)13-15-5-3-6-16-13/h3,5-6H,4,7-12H2,1-2H3,(H,17,21). The van der Waals surface area contributed by atoms with Gasteiger partial charge in [0.05, 0.1) is 0 Å². The normalized spacial score (nSPS) is 15.4. The van der Waals surface area contributed by atoms with E-state index in [1.165, 1.54) is 0 Å². The lowest BCUT2D eigenvalue weighted by Gasteiger charge is -2.36. The highest BCUT2D eigenvalue weighted by molar-refractivity contribution is 7.80. The molecule has 6 nitrogen and oxygen atoms in total. The molecule has 21 heavy (non-hydrogen) atoms. The molecule has 2 rings (SSSR count). The van der Waals surface area contributed by atoms with Crippen LogP contribution in [-0.2, 0) is 0 Å². The number of hydrogen-bond donors (Lipinski definition) is 1. The second-order valence-electron chi connectivity index (χ2n) is 5.41. The molecule has 0 amide bonds. The summed E-state index contributed by atoms with van der Waals surface area (Å²) in [6.07, 6.45) is 4.67. The molecule has 0 aromatic carbocycles. The first-order chi connectivity index (χ1) is 10.2. The van der Waals surface area contributed by atoms with Crippen molar-refractivity contribution in [3.63, 3.8) is 0 Å². The fraction of sp³-hybridized carbons (Fsp3) is 0.643. The van der Waals surface area contributed by atoms with E-state index in [2.05, 4.69) is 44.1 Å². The van der Waals surface area contributed by atoms with Crippen LogP contribution >= 0.6 is 12.2 Å². The molecule has 1 fully saturated rings. The maximum atomic E-state index is 5.46. The Bertz CT molecular complexity index is 430. The van der Waals surface area contributed by atoms with Crippen molar-refractivity contribution in [1.82, 2.24) is 25.1 Å². The van der Waals surface area contributed by atoms with E-state index in [9.17, 15) is 0 Å². The molecule has 1 saturated heterocycles. The first-order valence-corrected chi connectivity index (χ1v) is 7.77. The summed E-state index contributed by atoms with van der Waals surface area (Å²) in [5.74, 6) is 0.807. The molecule has 1 aliphatic heterocycles. The highest BCUT2D eigenvalue weighted by Gasteiger charge is 2.20. The zero-order valence-corrected chi connectivity index (χ0v) is 13.6. The maximum Gasteiger partial charge on any atom is 0.225 e. The van der Waals surface area contributed by atoms with Gasteiger partial charge in [-0.05, 0) is 45.3 Å². The molecular formula is C14H24N6S. The second-order valence-corrected chi connectivity index (χ2v) is 5.80. The lowest BCUT2D eigenvalue weighted by atomic mass is 10.3. The first-order valence-electron chi connectivity index (χ1n) is 7.36. The number of nitrogens with zero attached hydrogens (tertiary/aromatic N) is 5. The van der Waals surface area contributed by atoms with Gasteiger partial charge in [-0.15, -0.1) is 0 Å². The largest absolute Gasteiger partial charge is 0.363 e. The molecule has 0 spiro atoms. The van der Waals surface area contributed by atoms with Gasteiger partial charge in [-0.3, -0.25) is 0 Å². The smallest absolute Gasteiger partial charge is 0.225 e. The zero-order chi connectivity index (χ0) is 15.1. The van der Waals surface area contributed by atoms with Crippen molar-refractivity contribution in [1.29, 1.82) is 0 Å². The molecule has 2 heterocycles. The highest BCUT2D eigenvalue weighted by Crippen LogP contribution is 2.09. The molecule has 0 unspecified atom stereocenters. The SMILES string of the molecule is CN(C)CCCNC(=S)N1CCN(c2ncccn2)CC1. The minimum Gasteiger partial charge on any atom is -0.363 e. The summed E-state index contributed by atoms with van der Waals surface area (Å²) in [4.78, 5) is 15.2. The Hall–Kier alpha value is -1.47. The number of nitrogens with one attached hydrogen (secondary N) is 1. The first kappa shape index (κ1) is 15.9. The molecule has 0 aliphatic carbocycles. The minimum atomic E-state index is 0.807. The Labute approximate surface area is 132 Å². The monoisotopic (exact) mass is 308 g/mol. The molecule has 0 atom stereocenters. The Morgan fingerprint density at radius 3 is 2.52 bits per heavy atom. The van der Waals surface area contributed by atoms with Crippen molar-refractivity contribution in [3.05, 3.63) is 18.5 Å². The minimum absolute atomic E-state index is 0.807. The van der Waals surface area contributed by atoms with Gasteiger partial charge in [-0.1, -0.05) is 0 Å². The summed E-state index contributed by atoms with van der Waals surface area (Å²) in [5, 5.41) is 4.21. The molecule has 1 aromatic heterocycles. The van der Waals surface area contributed by atoms with Crippen LogP contribution in [0, 0.1) is 0 Å². The molecule has 0 saturated carbocycles. The quantitative estimate of drug-likeness (QED) is 0.625. The van der Waals surface area contributed by atoms with E-state index in [1.807, 2.05) is 6.07 Å². The van der Waals surface area contributed by atoms with E-state index in [0.29, 0.717) is 0 Å². The van der Waals surface area contributed by atoms with Gasteiger partial charge in [0.2, 0.25) is 5.95 Å². The van der Waals surface area contributed by atoms with Gasteiger partial charge in [0, 0.05) is 45.1 Å². The molecular weight excluding hydrogens is 284 g/mol. The summed E-state index contributed by atoms with van der Waals surface area (Å²) in [6.45, 7) is 5.65. The average Bonchev–Trinajstić information content (AvgIpc) is 2.52. The predicted octanol–water partition coefficient (Wildman–Crippen LogP) is 0.425. The second kappa shape index (κ2) is 8.09. The Kier molecular flexibility index (Phi) is 6.13. The van der Waals surface area contributed by atoms with Crippen molar-refractivity contribution in [2.75, 3.05) is 58.3 Å². The number of hydrogen-bond acceptors (Lipinski definition) is 5. The molecule has 1 aromatic rings. The Morgan fingerprint density at radius 2 is 1.90 bits per heavy atom. The maximum absolute atomic E-state index is 5.46. The third-order valence-corrected chi connectivity index (χ3v) is 3.86. The van der Waals surface area contributed by atoms with Crippen LogP contribution < -0.4 is 10.2 Å². The number of rotatable bonds is 5. The van der Waals surface area contributed by atoms with Crippen LogP contribution in [0.25, 0.3) is 0 Å². The summed E-state index contributed by atoms with van der Waals surface area (Å²) >= 11 is 5.46. The molecule has 0 bridgehead atoms. The lowest BCUT2D eigenvalue weighted by molar-refractivity contribution is 0.371. The van der Waals surface area contributed by atoms with E-state index in [1.54, 1.807) is 12.4 Å². The molecule has 7 heteroatoms. The van der Waals surface area contributed by atoms with Crippen molar-refractivity contribution in [3.8, 4) is 0 Å². The third kappa shape index (κ3) is 5.09. The van der Waals surface area contributed by atoms with Gasteiger partial charge in [-0.2, -0.15) is 0 Å². The van der Waals surface area contributed by atoms with Crippen molar-refractivity contribution in [2.24, 2.45) is 0 Å². The van der Waals surface area contributed by atoms with Crippen LogP contribution in [0.1, 0.15) is 6.42 Å². The predicted molar refractivity (Wildman–Crippen MR) is 89.6 cm³/mol. The lowest BCUT2D eigenvalue weighted by Crippen LogP contribution is -2.52. The van der Waals surface area contributed by atoms with Crippen LogP contribution in [0.5, 0.6) is 0 Å². The average molecular weight is 308 g/mol. The third-order valence-electron chi connectivity index (χ3n) is 3.46. The van der Waals surface area contributed by atoms with Gasteiger partial charge in [0.1, 0.15) is 0 Å². The molecule has 1 N–H and O–H groups in total. The zero-order valence-electron chi connectivity index (χ0n) is 12.8. The van der Waals surface area contributed by atoms with E-state index in [0.717, 1.165) is 56.8 Å². The highest BCUT2D eigenvalue weighted by atomic mass is 32.1. The summed E-state index contributed by atoms with van der Waals surface area (Å²) < 4.78 is 0. The van der Waals surface area contributed by atoms with Crippen molar-refractivity contribution in [2.45, 2.75) is 6.42 Å². The van der Waals surface area contributed by atoms with E-state index in [4.69, 9.17) is 12.2 Å². The number of thiocarbonyl (C=S) groups is 1. The Morgan fingerprint density at radius 1 is 1.24 bits per heavy atom. The fourth-order valence-electron chi connectivity index (χ4n) is 2.27. The van der Waals surface area contributed by atoms with Gasteiger partial charge in [-0.25, -0.2) is 9.97 Å². The number of anilines is 1. The Balaban J connectivity index is 1.70. The van der Waals surface area contributed by atoms with Crippen LogP contribution in [-0.4, -0.2) is 78.2 Å². The van der Waals surface area contributed by atoms with Crippen LogP contribution in [0.4, 0.5) is 5.95 Å². The van der Waals surface area contributed by atoms with E-state index in [-0.39, 0.29) is 0 Å². The number of aromatic nitrogens is 2. The van der Waals surface area contributed by atoms with Gasteiger partial charge in [0.25, 0.3) is 0 Å². The number of piperazine rings is 1.